The highest BCUT2D eigenvalue weighted by molar-refractivity contribution is 5.97. The molecule has 2 aromatic rings. The van der Waals surface area contributed by atoms with E-state index in [1.54, 1.807) is 25.3 Å². The first kappa shape index (κ1) is 22.3. The third-order valence-electron chi connectivity index (χ3n) is 4.27. The maximum atomic E-state index is 12.2. The van der Waals surface area contributed by atoms with E-state index in [4.69, 9.17) is 4.74 Å². The van der Waals surface area contributed by atoms with E-state index >= 15 is 0 Å². The summed E-state index contributed by atoms with van der Waals surface area (Å²) in [6, 6.07) is 1.26. The zero-order chi connectivity index (χ0) is 21.9. The SMILES string of the molecule is Cc1cc2nc(C)c(CCC(=O)OC(C)C(=O)NC(=O)NC(C)(C)C)c(C)n2n1. The Morgan fingerprint density at radius 3 is 2.48 bits per heavy atom. The third kappa shape index (κ3) is 6.00. The summed E-state index contributed by atoms with van der Waals surface area (Å²) in [5.41, 5.74) is 3.81. The van der Waals surface area contributed by atoms with Crippen LogP contribution in [0.15, 0.2) is 6.07 Å². The van der Waals surface area contributed by atoms with Crippen molar-refractivity contribution in [3.8, 4) is 0 Å². The second kappa shape index (κ2) is 8.59. The van der Waals surface area contributed by atoms with Gasteiger partial charge in [-0.2, -0.15) is 5.10 Å². The van der Waals surface area contributed by atoms with Gasteiger partial charge in [-0.05, 0) is 60.5 Å². The largest absolute Gasteiger partial charge is 0.453 e. The molecule has 0 aliphatic rings. The molecule has 158 valence electrons. The molecule has 0 aromatic carbocycles. The average Bonchev–Trinajstić information content (AvgIpc) is 2.93. The summed E-state index contributed by atoms with van der Waals surface area (Å²) in [5.74, 6) is -1.21. The zero-order valence-corrected chi connectivity index (χ0v) is 18.0. The lowest BCUT2D eigenvalue weighted by Crippen LogP contribution is -2.50. The van der Waals surface area contributed by atoms with E-state index in [-0.39, 0.29) is 6.42 Å². The van der Waals surface area contributed by atoms with Gasteiger partial charge in [-0.1, -0.05) is 0 Å². The van der Waals surface area contributed by atoms with Crippen LogP contribution >= 0.6 is 0 Å². The molecule has 2 rings (SSSR count). The molecule has 0 aliphatic heterocycles. The van der Waals surface area contributed by atoms with Gasteiger partial charge in [-0.15, -0.1) is 0 Å². The highest BCUT2D eigenvalue weighted by Crippen LogP contribution is 2.17. The van der Waals surface area contributed by atoms with Crippen molar-refractivity contribution in [3.05, 3.63) is 28.7 Å². The fourth-order valence-electron chi connectivity index (χ4n) is 2.93. The summed E-state index contributed by atoms with van der Waals surface area (Å²) < 4.78 is 6.92. The lowest BCUT2D eigenvalue weighted by Gasteiger charge is -2.21. The number of nitrogens with one attached hydrogen (secondary N) is 2. The van der Waals surface area contributed by atoms with Crippen molar-refractivity contribution in [3.63, 3.8) is 0 Å². The standard InChI is InChI=1S/C20H29N5O4/c1-11-10-16-21-12(2)15(13(3)25(16)24-11)8-9-17(26)29-14(4)18(27)22-19(28)23-20(5,6)7/h10,14H,8-9H2,1-7H3,(H2,22,23,27,28). The summed E-state index contributed by atoms with van der Waals surface area (Å²) in [6.07, 6.45) is -0.581. The van der Waals surface area contributed by atoms with Gasteiger partial charge in [0.15, 0.2) is 11.8 Å². The minimum atomic E-state index is -1.08. The number of nitrogens with zero attached hydrogens (tertiary/aromatic N) is 3. The molecule has 2 heterocycles. The molecule has 0 radical (unpaired) electrons. The third-order valence-corrected chi connectivity index (χ3v) is 4.27. The minimum absolute atomic E-state index is 0.0843. The Bertz CT molecular complexity index is 942. The predicted octanol–water partition coefficient (Wildman–Crippen LogP) is 2.14. The second-order valence-electron chi connectivity index (χ2n) is 8.14. The first-order chi connectivity index (χ1) is 13.4. The molecule has 1 atom stereocenters. The molecule has 0 saturated carbocycles. The van der Waals surface area contributed by atoms with Crippen LogP contribution in [0.3, 0.4) is 0 Å². The predicted molar refractivity (Wildman–Crippen MR) is 108 cm³/mol. The molecule has 9 heteroatoms. The van der Waals surface area contributed by atoms with Crippen LogP contribution in [0.1, 0.15) is 56.8 Å². The number of aromatic nitrogens is 3. The number of esters is 1. The number of fused-ring (bicyclic) bond motifs is 1. The Morgan fingerprint density at radius 1 is 1.21 bits per heavy atom. The lowest BCUT2D eigenvalue weighted by molar-refractivity contribution is -0.154. The molecule has 3 amide bonds. The summed E-state index contributed by atoms with van der Waals surface area (Å²) in [5, 5.41) is 9.19. The van der Waals surface area contributed by atoms with Crippen molar-refractivity contribution in [1.82, 2.24) is 25.2 Å². The van der Waals surface area contributed by atoms with Crippen LogP contribution in [0.25, 0.3) is 5.65 Å². The number of hydrogen-bond acceptors (Lipinski definition) is 6. The van der Waals surface area contributed by atoms with Gasteiger partial charge in [-0.25, -0.2) is 14.3 Å². The van der Waals surface area contributed by atoms with E-state index in [0.717, 1.165) is 28.3 Å². The number of ether oxygens (including phenoxy) is 1. The Morgan fingerprint density at radius 2 is 1.86 bits per heavy atom. The highest BCUT2D eigenvalue weighted by atomic mass is 16.5. The Hall–Kier alpha value is -2.97. The maximum Gasteiger partial charge on any atom is 0.321 e. The van der Waals surface area contributed by atoms with Crippen molar-refractivity contribution >= 4 is 23.6 Å². The van der Waals surface area contributed by atoms with Crippen molar-refractivity contribution in [1.29, 1.82) is 0 Å². The normalized spacial score (nSPS) is 12.5. The van der Waals surface area contributed by atoms with Gasteiger partial charge in [0.25, 0.3) is 5.91 Å². The van der Waals surface area contributed by atoms with E-state index in [2.05, 4.69) is 20.7 Å². The van der Waals surface area contributed by atoms with Crippen LogP contribution in [-0.4, -0.2) is 44.1 Å². The number of carbonyl (C=O) groups is 3. The smallest absolute Gasteiger partial charge is 0.321 e. The number of carbonyl (C=O) groups excluding carboxylic acids is 3. The van der Waals surface area contributed by atoms with Gasteiger partial charge in [0, 0.05) is 29.4 Å². The van der Waals surface area contributed by atoms with Gasteiger partial charge in [0.2, 0.25) is 0 Å². The molecule has 1 unspecified atom stereocenters. The van der Waals surface area contributed by atoms with E-state index in [9.17, 15) is 14.4 Å². The number of amides is 3. The zero-order valence-electron chi connectivity index (χ0n) is 18.0. The van der Waals surface area contributed by atoms with Crippen LogP contribution in [0, 0.1) is 20.8 Å². The molecular weight excluding hydrogens is 374 g/mol. The summed E-state index contributed by atoms with van der Waals surface area (Å²) in [4.78, 5) is 40.5. The average molecular weight is 403 g/mol. The Balaban J connectivity index is 1.93. The topological polar surface area (TPSA) is 115 Å². The van der Waals surface area contributed by atoms with Crippen molar-refractivity contribution in [2.75, 3.05) is 0 Å². The molecule has 2 aromatic heterocycles. The minimum Gasteiger partial charge on any atom is -0.453 e. The van der Waals surface area contributed by atoms with Crippen LogP contribution in [0.5, 0.6) is 0 Å². The van der Waals surface area contributed by atoms with Gasteiger partial charge >= 0.3 is 12.0 Å². The summed E-state index contributed by atoms with van der Waals surface area (Å²) in [6.45, 7) is 12.5. The number of urea groups is 1. The van der Waals surface area contributed by atoms with Crippen molar-refractivity contribution < 1.29 is 19.1 Å². The first-order valence-electron chi connectivity index (χ1n) is 9.52. The fraction of sp³-hybridized carbons (Fsp3) is 0.550. The number of imide groups is 1. The number of aryl methyl sites for hydroxylation is 3. The molecule has 0 fully saturated rings. The van der Waals surface area contributed by atoms with Gasteiger partial charge in [0.05, 0.1) is 5.69 Å². The van der Waals surface area contributed by atoms with E-state index in [0.29, 0.717) is 6.42 Å². The Labute approximate surface area is 170 Å². The van der Waals surface area contributed by atoms with E-state index in [1.165, 1.54) is 6.92 Å². The lowest BCUT2D eigenvalue weighted by atomic mass is 10.1. The molecule has 0 bridgehead atoms. The molecule has 0 aliphatic carbocycles. The molecule has 9 nitrogen and oxygen atoms in total. The molecule has 0 spiro atoms. The summed E-state index contributed by atoms with van der Waals surface area (Å²) in [7, 11) is 0. The monoisotopic (exact) mass is 403 g/mol. The van der Waals surface area contributed by atoms with Gasteiger partial charge < -0.3 is 10.1 Å². The first-order valence-corrected chi connectivity index (χ1v) is 9.52. The quantitative estimate of drug-likeness (QED) is 0.739. The van der Waals surface area contributed by atoms with Crippen molar-refractivity contribution in [2.45, 2.75) is 73.0 Å². The number of hydrogen-bond donors (Lipinski definition) is 2. The summed E-state index contributed by atoms with van der Waals surface area (Å²) >= 11 is 0. The Kier molecular flexibility index (Phi) is 6.61. The van der Waals surface area contributed by atoms with Crippen LogP contribution in [0.4, 0.5) is 4.79 Å². The van der Waals surface area contributed by atoms with Crippen LogP contribution in [-0.2, 0) is 20.7 Å². The fourth-order valence-corrected chi connectivity index (χ4v) is 2.93. The molecule has 0 saturated heterocycles. The maximum absolute atomic E-state index is 12.2. The van der Waals surface area contributed by atoms with Gasteiger partial charge in [-0.3, -0.25) is 14.9 Å². The number of rotatable bonds is 5. The van der Waals surface area contributed by atoms with Crippen molar-refractivity contribution in [2.24, 2.45) is 0 Å². The molecule has 29 heavy (non-hydrogen) atoms. The molecule has 2 N–H and O–H groups in total. The van der Waals surface area contributed by atoms with Gasteiger partial charge in [0.1, 0.15) is 0 Å². The highest BCUT2D eigenvalue weighted by Gasteiger charge is 2.22. The molecular formula is C20H29N5O4. The van der Waals surface area contributed by atoms with Crippen LogP contribution < -0.4 is 10.6 Å². The van der Waals surface area contributed by atoms with E-state index < -0.39 is 29.6 Å². The van der Waals surface area contributed by atoms with Crippen LogP contribution in [0.2, 0.25) is 0 Å². The van der Waals surface area contributed by atoms with E-state index in [1.807, 2.05) is 26.8 Å². The second-order valence-corrected chi connectivity index (χ2v) is 8.14.